The maximum absolute atomic E-state index is 12.8. The minimum absolute atomic E-state index is 0.0812. The fourth-order valence-electron chi connectivity index (χ4n) is 8.19. The number of ether oxygens (including phenoxy) is 3. The first-order valence-electron chi connectivity index (χ1n) is 28.8. The lowest BCUT2D eigenvalue weighted by Gasteiger charge is -2.18. The van der Waals surface area contributed by atoms with Crippen LogP contribution in [0.5, 0.6) is 0 Å². The van der Waals surface area contributed by atoms with E-state index in [1.165, 1.54) is 154 Å². The van der Waals surface area contributed by atoms with E-state index in [0.717, 1.165) is 96.3 Å². The van der Waals surface area contributed by atoms with Crippen LogP contribution in [0.2, 0.25) is 0 Å². The third-order valence-electron chi connectivity index (χ3n) is 12.5. The smallest absolute Gasteiger partial charge is 0.306 e. The standard InChI is InChI=1S/C61H108O6/c1-4-7-10-13-16-19-22-25-28-30-33-35-38-41-44-47-50-53-59(62)65-56-58(67-61(64)55-52-49-46-43-40-37-32-27-24-21-18-15-12-9-6-3)57-66-60(63)54-51-48-45-42-39-36-34-31-29-26-23-20-17-14-11-8-5-2/h7,10,16,19,21,24-25,28,33,35,58H,4-6,8-9,11-15,17-18,20,22-23,26-27,29-32,34,36-57H2,1-3H3/b10-7-,19-16-,24-21-,28-25-,35-33-/t58-/m1/s1. The van der Waals surface area contributed by atoms with E-state index in [2.05, 4.69) is 81.5 Å². The van der Waals surface area contributed by atoms with Gasteiger partial charge in [0, 0.05) is 19.3 Å². The lowest BCUT2D eigenvalue weighted by atomic mass is 10.0. The summed E-state index contributed by atoms with van der Waals surface area (Å²) < 4.78 is 16.9. The Hall–Kier alpha value is -2.89. The SMILES string of the molecule is CC/C=C\C/C=C\C/C=C\C/C=C\CCCCCCC(=O)OC[C@H](COC(=O)CCCCCCCCCCCCCCCCCCC)OC(=O)CCCCCCCCC/C=C\CCCCCC. The Morgan fingerprint density at radius 3 is 0.940 bits per heavy atom. The van der Waals surface area contributed by atoms with Gasteiger partial charge in [-0.1, -0.05) is 248 Å². The molecule has 0 aromatic carbocycles. The van der Waals surface area contributed by atoms with E-state index < -0.39 is 6.10 Å². The number of hydrogen-bond acceptors (Lipinski definition) is 6. The molecule has 67 heavy (non-hydrogen) atoms. The first-order chi connectivity index (χ1) is 33.0. The summed E-state index contributed by atoms with van der Waals surface area (Å²) in [4.78, 5) is 38.2. The van der Waals surface area contributed by atoms with Gasteiger partial charge >= 0.3 is 17.9 Å². The predicted molar refractivity (Wildman–Crippen MR) is 288 cm³/mol. The normalized spacial score (nSPS) is 12.5. The molecule has 0 aliphatic rings. The van der Waals surface area contributed by atoms with Crippen molar-refractivity contribution in [2.24, 2.45) is 0 Å². The molecule has 0 aromatic heterocycles. The summed E-state index contributed by atoms with van der Waals surface area (Å²) >= 11 is 0. The Bertz CT molecular complexity index is 1210. The largest absolute Gasteiger partial charge is 0.462 e. The highest BCUT2D eigenvalue weighted by Gasteiger charge is 2.19. The van der Waals surface area contributed by atoms with Crippen LogP contribution >= 0.6 is 0 Å². The van der Waals surface area contributed by atoms with E-state index in [9.17, 15) is 14.4 Å². The van der Waals surface area contributed by atoms with Gasteiger partial charge in [-0.3, -0.25) is 14.4 Å². The molecule has 0 fully saturated rings. The summed E-state index contributed by atoms with van der Waals surface area (Å²) in [5, 5.41) is 0. The van der Waals surface area contributed by atoms with Crippen LogP contribution in [-0.2, 0) is 28.6 Å². The van der Waals surface area contributed by atoms with Crippen LogP contribution in [-0.4, -0.2) is 37.2 Å². The third kappa shape index (κ3) is 53.9. The minimum Gasteiger partial charge on any atom is -0.462 e. The monoisotopic (exact) mass is 937 g/mol. The molecule has 0 aromatic rings. The van der Waals surface area contributed by atoms with Gasteiger partial charge in [0.1, 0.15) is 13.2 Å². The van der Waals surface area contributed by atoms with Crippen molar-refractivity contribution in [3.05, 3.63) is 60.8 Å². The number of unbranched alkanes of at least 4 members (excludes halogenated alkanes) is 31. The van der Waals surface area contributed by atoms with Crippen LogP contribution < -0.4 is 0 Å². The molecule has 388 valence electrons. The molecule has 6 heteroatoms. The summed E-state index contributed by atoms with van der Waals surface area (Å²) in [5.74, 6) is -0.898. The molecule has 0 aliphatic heterocycles. The van der Waals surface area contributed by atoms with Crippen LogP contribution in [0.15, 0.2) is 60.8 Å². The minimum atomic E-state index is -0.785. The molecule has 0 saturated heterocycles. The molecule has 0 N–H and O–H groups in total. The molecular formula is C61H108O6. The zero-order valence-electron chi connectivity index (χ0n) is 44.4. The van der Waals surface area contributed by atoms with Crippen LogP contribution in [0.25, 0.3) is 0 Å². The quantitative estimate of drug-likeness (QED) is 0.0262. The van der Waals surface area contributed by atoms with Gasteiger partial charge in [0.2, 0.25) is 0 Å². The molecular weight excluding hydrogens is 829 g/mol. The second-order valence-electron chi connectivity index (χ2n) is 19.2. The fraction of sp³-hybridized carbons (Fsp3) is 0.787. The lowest BCUT2D eigenvalue weighted by Crippen LogP contribution is -2.30. The first-order valence-corrected chi connectivity index (χ1v) is 28.8. The fourth-order valence-corrected chi connectivity index (χ4v) is 8.19. The van der Waals surface area contributed by atoms with Crippen molar-refractivity contribution in [3.8, 4) is 0 Å². The van der Waals surface area contributed by atoms with Gasteiger partial charge < -0.3 is 14.2 Å². The second-order valence-corrected chi connectivity index (χ2v) is 19.2. The van der Waals surface area contributed by atoms with Crippen molar-refractivity contribution in [1.82, 2.24) is 0 Å². The van der Waals surface area contributed by atoms with Crippen molar-refractivity contribution in [1.29, 1.82) is 0 Å². The van der Waals surface area contributed by atoms with E-state index in [-0.39, 0.29) is 31.1 Å². The zero-order valence-corrected chi connectivity index (χ0v) is 44.4. The molecule has 6 nitrogen and oxygen atoms in total. The van der Waals surface area contributed by atoms with Crippen LogP contribution in [0.4, 0.5) is 0 Å². The van der Waals surface area contributed by atoms with Crippen molar-refractivity contribution < 1.29 is 28.6 Å². The Morgan fingerprint density at radius 2 is 0.582 bits per heavy atom. The third-order valence-corrected chi connectivity index (χ3v) is 12.5. The maximum Gasteiger partial charge on any atom is 0.306 e. The molecule has 0 unspecified atom stereocenters. The van der Waals surface area contributed by atoms with E-state index in [0.29, 0.717) is 19.3 Å². The maximum atomic E-state index is 12.8. The molecule has 0 aliphatic carbocycles. The number of carbonyl (C=O) groups excluding carboxylic acids is 3. The predicted octanol–water partition coefficient (Wildman–Crippen LogP) is 19.2. The summed E-state index contributed by atoms with van der Waals surface area (Å²) in [6.45, 7) is 6.52. The zero-order chi connectivity index (χ0) is 48.6. The Morgan fingerprint density at radius 1 is 0.313 bits per heavy atom. The van der Waals surface area contributed by atoms with Gasteiger partial charge in [0.15, 0.2) is 6.10 Å². The lowest BCUT2D eigenvalue weighted by molar-refractivity contribution is -0.167. The summed E-state index contributed by atoms with van der Waals surface area (Å²) in [5.41, 5.74) is 0. The molecule has 1 atom stereocenters. The van der Waals surface area contributed by atoms with Crippen LogP contribution in [0.1, 0.15) is 290 Å². The summed E-state index contributed by atoms with van der Waals surface area (Å²) in [7, 11) is 0. The van der Waals surface area contributed by atoms with Crippen molar-refractivity contribution in [3.63, 3.8) is 0 Å². The van der Waals surface area contributed by atoms with Crippen LogP contribution in [0.3, 0.4) is 0 Å². The molecule has 0 saturated carbocycles. The van der Waals surface area contributed by atoms with E-state index >= 15 is 0 Å². The Balaban J connectivity index is 4.39. The molecule has 0 amide bonds. The van der Waals surface area contributed by atoms with Crippen molar-refractivity contribution in [2.45, 2.75) is 297 Å². The van der Waals surface area contributed by atoms with Gasteiger partial charge in [-0.15, -0.1) is 0 Å². The van der Waals surface area contributed by atoms with Gasteiger partial charge in [0.25, 0.3) is 0 Å². The van der Waals surface area contributed by atoms with Crippen molar-refractivity contribution >= 4 is 17.9 Å². The highest BCUT2D eigenvalue weighted by Crippen LogP contribution is 2.16. The Kier molecular flexibility index (Phi) is 53.3. The van der Waals surface area contributed by atoms with Gasteiger partial charge in [-0.2, -0.15) is 0 Å². The van der Waals surface area contributed by atoms with Gasteiger partial charge in [0.05, 0.1) is 0 Å². The second kappa shape index (κ2) is 55.7. The average Bonchev–Trinajstić information content (AvgIpc) is 3.33. The molecule has 0 spiro atoms. The van der Waals surface area contributed by atoms with Crippen molar-refractivity contribution in [2.75, 3.05) is 13.2 Å². The van der Waals surface area contributed by atoms with Crippen LogP contribution in [0, 0.1) is 0 Å². The Labute approximate surface area is 415 Å². The molecule has 0 radical (unpaired) electrons. The number of rotatable bonds is 52. The summed E-state index contributed by atoms with van der Waals surface area (Å²) in [6, 6.07) is 0. The average molecular weight is 938 g/mol. The number of allylic oxidation sites excluding steroid dienone is 10. The molecule has 0 rings (SSSR count). The highest BCUT2D eigenvalue weighted by atomic mass is 16.6. The van der Waals surface area contributed by atoms with E-state index in [4.69, 9.17) is 14.2 Å². The molecule has 0 heterocycles. The number of esters is 3. The van der Waals surface area contributed by atoms with Gasteiger partial charge in [-0.05, 0) is 83.5 Å². The highest BCUT2D eigenvalue weighted by molar-refractivity contribution is 5.71. The van der Waals surface area contributed by atoms with E-state index in [1.807, 2.05) is 0 Å². The van der Waals surface area contributed by atoms with Gasteiger partial charge in [-0.25, -0.2) is 0 Å². The summed E-state index contributed by atoms with van der Waals surface area (Å²) in [6.07, 6.45) is 69.2. The van der Waals surface area contributed by atoms with E-state index in [1.54, 1.807) is 0 Å². The topological polar surface area (TPSA) is 78.9 Å². The number of carbonyl (C=O) groups is 3. The molecule has 0 bridgehead atoms. The first kappa shape index (κ1) is 64.1. The number of hydrogen-bond donors (Lipinski definition) is 0.